The average molecular weight is 315 g/mol. The summed E-state index contributed by atoms with van der Waals surface area (Å²) in [7, 11) is 1.56. The molecule has 1 aliphatic rings. The standard InChI is InChI=1S/C17H14FNO4/c1-22-13-5-2-11(3-6-13)9-19-10-16(18)23-15-7-4-12(20)8-14(15)17(19)21/h2-8,10,20H,9H2,1H3. The van der Waals surface area contributed by atoms with Crippen molar-refractivity contribution in [3.8, 4) is 17.2 Å². The first-order chi connectivity index (χ1) is 11.1. The molecule has 0 bridgehead atoms. The van der Waals surface area contributed by atoms with Crippen LogP contribution in [-0.2, 0) is 6.54 Å². The molecule has 5 nitrogen and oxygen atoms in total. The Morgan fingerprint density at radius 2 is 1.96 bits per heavy atom. The van der Waals surface area contributed by atoms with Crippen LogP contribution in [0.25, 0.3) is 0 Å². The second kappa shape index (κ2) is 6.00. The highest BCUT2D eigenvalue weighted by atomic mass is 19.1. The summed E-state index contributed by atoms with van der Waals surface area (Å²) in [5.74, 6) is 0.210. The normalized spacial score (nSPS) is 13.7. The second-order valence-electron chi connectivity index (χ2n) is 5.00. The number of phenolic OH excluding ortho intramolecular Hbond substituents is 1. The van der Waals surface area contributed by atoms with Crippen molar-refractivity contribution in [1.29, 1.82) is 0 Å². The first-order valence-corrected chi connectivity index (χ1v) is 6.89. The third-order valence-electron chi connectivity index (χ3n) is 3.43. The molecule has 0 aliphatic carbocycles. The minimum atomic E-state index is -0.892. The Kier molecular flexibility index (Phi) is 3.89. The average Bonchev–Trinajstić information content (AvgIpc) is 2.66. The first kappa shape index (κ1) is 14.9. The van der Waals surface area contributed by atoms with Crippen LogP contribution >= 0.6 is 0 Å². The van der Waals surface area contributed by atoms with E-state index in [1.807, 2.05) is 0 Å². The van der Waals surface area contributed by atoms with E-state index in [-0.39, 0.29) is 23.6 Å². The number of hydrogen-bond acceptors (Lipinski definition) is 4. The molecule has 118 valence electrons. The Morgan fingerprint density at radius 3 is 2.65 bits per heavy atom. The van der Waals surface area contributed by atoms with Gasteiger partial charge in [0.25, 0.3) is 11.9 Å². The third-order valence-corrected chi connectivity index (χ3v) is 3.43. The minimum absolute atomic E-state index is 0.0683. The number of methoxy groups -OCH3 is 1. The van der Waals surface area contributed by atoms with Crippen molar-refractivity contribution < 1.29 is 23.8 Å². The van der Waals surface area contributed by atoms with Crippen molar-refractivity contribution in [2.75, 3.05) is 7.11 Å². The molecule has 0 aromatic heterocycles. The molecule has 0 unspecified atom stereocenters. The molecule has 1 heterocycles. The summed E-state index contributed by atoms with van der Waals surface area (Å²) < 4.78 is 23.9. The molecule has 3 rings (SSSR count). The molecule has 1 amide bonds. The summed E-state index contributed by atoms with van der Waals surface area (Å²) in [6.07, 6.45) is 1.00. The number of carbonyl (C=O) groups excluding carboxylic acids is 1. The quantitative estimate of drug-likeness (QED) is 0.945. The molecule has 1 N–H and O–H groups in total. The Hall–Kier alpha value is -3.02. The lowest BCUT2D eigenvalue weighted by Crippen LogP contribution is -2.24. The fraction of sp³-hybridized carbons (Fsp3) is 0.118. The van der Waals surface area contributed by atoms with Crippen LogP contribution in [0.15, 0.2) is 54.7 Å². The van der Waals surface area contributed by atoms with E-state index in [4.69, 9.17) is 9.47 Å². The lowest BCUT2D eigenvalue weighted by atomic mass is 10.1. The van der Waals surface area contributed by atoms with Crippen LogP contribution in [0.1, 0.15) is 15.9 Å². The van der Waals surface area contributed by atoms with Gasteiger partial charge in [-0.15, -0.1) is 0 Å². The third kappa shape index (κ3) is 3.11. The summed E-state index contributed by atoms with van der Waals surface area (Å²) in [4.78, 5) is 13.8. The molecule has 0 fully saturated rings. The highest BCUT2D eigenvalue weighted by molar-refractivity contribution is 5.98. The summed E-state index contributed by atoms with van der Waals surface area (Å²) in [6.45, 7) is 0.161. The Morgan fingerprint density at radius 1 is 1.22 bits per heavy atom. The minimum Gasteiger partial charge on any atom is -0.508 e. The van der Waals surface area contributed by atoms with Crippen molar-refractivity contribution in [1.82, 2.24) is 4.90 Å². The molecule has 0 saturated heterocycles. The number of aromatic hydroxyl groups is 1. The molecule has 2 aromatic rings. The Bertz CT molecular complexity index is 771. The zero-order valence-electron chi connectivity index (χ0n) is 12.3. The molecule has 1 aliphatic heterocycles. The van der Waals surface area contributed by atoms with Gasteiger partial charge in [0.05, 0.1) is 25.4 Å². The number of nitrogens with zero attached hydrogens (tertiary/aromatic N) is 1. The molecular formula is C17H14FNO4. The second-order valence-corrected chi connectivity index (χ2v) is 5.00. The molecular weight excluding hydrogens is 301 g/mol. The van der Waals surface area contributed by atoms with E-state index >= 15 is 0 Å². The van der Waals surface area contributed by atoms with Crippen molar-refractivity contribution in [2.24, 2.45) is 0 Å². The molecule has 2 aromatic carbocycles. The maximum atomic E-state index is 13.8. The highest BCUT2D eigenvalue weighted by Gasteiger charge is 2.24. The van der Waals surface area contributed by atoms with E-state index in [2.05, 4.69) is 0 Å². The number of hydrogen-bond donors (Lipinski definition) is 1. The van der Waals surface area contributed by atoms with E-state index in [9.17, 15) is 14.3 Å². The van der Waals surface area contributed by atoms with Crippen molar-refractivity contribution in [2.45, 2.75) is 6.54 Å². The zero-order chi connectivity index (χ0) is 16.4. The fourth-order valence-corrected chi connectivity index (χ4v) is 2.29. The number of fused-ring (bicyclic) bond motifs is 1. The lowest BCUT2D eigenvalue weighted by Gasteiger charge is -2.17. The summed E-state index contributed by atoms with van der Waals surface area (Å²) in [5, 5.41) is 9.55. The van der Waals surface area contributed by atoms with Gasteiger partial charge in [-0.2, -0.15) is 4.39 Å². The summed E-state index contributed by atoms with van der Waals surface area (Å²) in [5.41, 5.74) is 0.897. The van der Waals surface area contributed by atoms with Gasteiger partial charge in [0.15, 0.2) is 0 Å². The van der Waals surface area contributed by atoms with E-state index in [1.54, 1.807) is 31.4 Å². The lowest BCUT2D eigenvalue weighted by molar-refractivity contribution is 0.0812. The van der Waals surface area contributed by atoms with Gasteiger partial charge in [0.2, 0.25) is 0 Å². The van der Waals surface area contributed by atoms with Gasteiger partial charge in [-0.25, -0.2) is 0 Å². The van der Waals surface area contributed by atoms with Crippen molar-refractivity contribution in [3.63, 3.8) is 0 Å². The molecule has 0 atom stereocenters. The molecule has 0 saturated carbocycles. The van der Waals surface area contributed by atoms with Crippen molar-refractivity contribution in [3.05, 3.63) is 65.8 Å². The monoisotopic (exact) mass is 315 g/mol. The topological polar surface area (TPSA) is 59.0 Å². The summed E-state index contributed by atoms with van der Waals surface area (Å²) in [6, 6.07) is 10.1. The van der Waals surface area contributed by atoms with Gasteiger partial charge in [-0.1, -0.05) is 12.1 Å². The fourth-order valence-electron chi connectivity index (χ4n) is 2.29. The highest BCUT2D eigenvalue weighted by Crippen LogP contribution is 2.30. The number of benzene rings is 2. The maximum Gasteiger partial charge on any atom is 0.294 e. The van der Waals surface area contributed by atoms with Crippen LogP contribution in [-0.4, -0.2) is 23.0 Å². The zero-order valence-corrected chi connectivity index (χ0v) is 12.3. The Labute approximate surface area is 132 Å². The number of phenols is 1. The number of rotatable bonds is 3. The molecule has 6 heteroatoms. The van der Waals surface area contributed by atoms with Crippen LogP contribution in [0.3, 0.4) is 0 Å². The van der Waals surface area contributed by atoms with E-state index in [1.165, 1.54) is 23.1 Å². The van der Waals surface area contributed by atoms with Crippen LogP contribution in [0, 0.1) is 0 Å². The van der Waals surface area contributed by atoms with Crippen LogP contribution in [0.2, 0.25) is 0 Å². The maximum absolute atomic E-state index is 13.8. The van der Waals surface area contributed by atoms with Gasteiger partial charge in [0.1, 0.15) is 17.2 Å². The van der Waals surface area contributed by atoms with E-state index in [0.717, 1.165) is 11.8 Å². The SMILES string of the molecule is COc1ccc(CN2C=C(F)Oc3ccc(O)cc3C2=O)cc1. The van der Waals surface area contributed by atoms with Gasteiger partial charge in [-0.05, 0) is 35.9 Å². The Balaban J connectivity index is 1.91. The number of ether oxygens (including phenoxy) is 2. The summed E-state index contributed by atoms with van der Waals surface area (Å²) >= 11 is 0. The smallest absolute Gasteiger partial charge is 0.294 e. The molecule has 0 spiro atoms. The van der Waals surface area contributed by atoms with E-state index in [0.29, 0.717) is 5.75 Å². The largest absolute Gasteiger partial charge is 0.508 e. The van der Waals surface area contributed by atoms with Gasteiger partial charge >= 0.3 is 0 Å². The molecule has 0 radical (unpaired) electrons. The van der Waals surface area contributed by atoms with Crippen LogP contribution < -0.4 is 9.47 Å². The number of halogens is 1. The van der Waals surface area contributed by atoms with Gasteiger partial charge < -0.3 is 19.5 Å². The number of amides is 1. The van der Waals surface area contributed by atoms with Crippen molar-refractivity contribution >= 4 is 5.91 Å². The van der Waals surface area contributed by atoms with Gasteiger partial charge in [-0.3, -0.25) is 4.79 Å². The van der Waals surface area contributed by atoms with Crippen LogP contribution in [0.5, 0.6) is 17.2 Å². The molecule has 23 heavy (non-hydrogen) atoms. The van der Waals surface area contributed by atoms with Gasteiger partial charge in [0, 0.05) is 0 Å². The predicted octanol–water partition coefficient (Wildman–Crippen LogP) is 3.20. The number of carbonyl (C=O) groups is 1. The first-order valence-electron chi connectivity index (χ1n) is 6.89. The van der Waals surface area contributed by atoms with Crippen LogP contribution in [0.4, 0.5) is 4.39 Å². The van der Waals surface area contributed by atoms with E-state index < -0.39 is 11.9 Å². The predicted molar refractivity (Wildman–Crippen MR) is 80.8 cm³/mol.